The molecule has 0 amide bonds. The van der Waals surface area contributed by atoms with Gasteiger partial charge in [-0.3, -0.25) is 9.55 Å². The van der Waals surface area contributed by atoms with Gasteiger partial charge < -0.3 is 9.67 Å². The molecule has 5 nitrogen and oxygen atoms in total. The topological polar surface area (TPSA) is 55.9 Å². The van der Waals surface area contributed by atoms with Crippen LogP contribution in [-0.2, 0) is 37.3 Å². The molecule has 72 heavy (non-hydrogen) atoms. The summed E-state index contributed by atoms with van der Waals surface area (Å²) in [6, 6.07) is 68.4. The van der Waals surface area contributed by atoms with Gasteiger partial charge in [0, 0.05) is 60.5 Å². The molecule has 360 valence electrons. The van der Waals surface area contributed by atoms with E-state index in [2.05, 4.69) is 260 Å². The van der Waals surface area contributed by atoms with Gasteiger partial charge in [0.05, 0.1) is 33.3 Å². The minimum Gasteiger partial charge on any atom is -0.507 e. The zero-order valence-corrected chi connectivity index (χ0v) is 44.7. The normalized spacial score (nSPS) is 12.2. The number of phenols is 1. The first-order valence-electron chi connectivity index (χ1n) is 24.7. The number of benzene rings is 8. The van der Waals surface area contributed by atoms with Crippen molar-refractivity contribution in [1.82, 2.24) is 19.1 Å². The molecule has 6 heteroatoms. The van der Waals surface area contributed by atoms with Crippen LogP contribution in [-0.4, -0.2) is 24.2 Å². The molecule has 11 aromatic rings. The van der Waals surface area contributed by atoms with Gasteiger partial charge in [-0.2, -0.15) is 0 Å². The fourth-order valence-electron chi connectivity index (χ4n) is 10.1. The van der Waals surface area contributed by atoms with Crippen molar-refractivity contribution in [3.63, 3.8) is 0 Å². The van der Waals surface area contributed by atoms with E-state index >= 15 is 0 Å². The number of pyridine rings is 1. The van der Waals surface area contributed by atoms with E-state index in [-0.39, 0.29) is 43.1 Å². The molecule has 0 saturated heterocycles. The molecule has 11 rings (SSSR count). The van der Waals surface area contributed by atoms with Crippen molar-refractivity contribution in [3.05, 3.63) is 211 Å². The van der Waals surface area contributed by atoms with Crippen LogP contribution in [0.25, 0.3) is 100 Å². The van der Waals surface area contributed by atoms with Crippen molar-refractivity contribution in [3.8, 4) is 73.2 Å². The molecule has 0 bridgehead atoms. The fraction of sp³-hybridized carbons (Fsp3) is 0.182. The van der Waals surface area contributed by atoms with Gasteiger partial charge in [0.2, 0.25) is 0 Å². The summed E-state index contributed by atoms with van der Waals surface area (Å²) in [5.41, 5.74) is 17.1. The average molecular weight is 1120 g/mol. The fourth-order valence-corrected chi connectivity index (χ4v) is 10.1. The van der Waals surface area contributed by atoms with Crippen molar-refractivity contribution in [2.75, 3.05) is 0 Å². The van der Waals surface area contributed by atoms with E-state index in [4.69, 9.17) is 9.97 Å². The van der Waals surface area contributed by atoms with Crippen LogP contribution in [0.4, 0.5) is 0 Å². The smallest absolute Gasteiger partial charge is 0.148 e. The molecule has 0 aliphatic carbocycles. The molecule has 0 radical (unpaired) electrons. The number of fused-ring (bicyclic) bond motifs is 4. The van der Waals surface area contributed by atoms with Crippen LogP contribution in [0.2, 0.25) is 0 Å². The van der Waals surface area contributed by atoms with E-state index in [9.17, 15) is 5.11 Å². The van der Waals surface area contributed by atoms with E-state index in [0.29, 0.717) is 11.4 Å². The number of hydrogen-bond donors (Lipinski definition) is 1. The van der Waals surface area contributed by atoms with Crippen molar-refractivity contribution >= 4 is 32.8 Å². The predicted molar refractivity (Wildman–Crippen MR) is 297 cm³/mol. The van der Waals surface area contributed by atoms with Gasteiger partial charge in [-0.25, -0.2) is 4.98 Å². The summed E-state index contributed by atoms with van der Waals surface area (Å²) < 4.78 is 4.58. The zero-order chi connectivity index (χ0) is 49.4. The molecule has 0 atom stereocenters. The average Bonchev–Trinajstić information content (AvgIpc) is 3.92. The van der Waals surface area contributed by atoms with Crippen LogP contribution in [0, 0.1) is 6.07 Å². The Balaban J connectivity index is 0.00000596. The standard InChI is InChI=1S/C66H59N4O.Pt/c1-64(2,3)47-32-33-58(52(37-47)43-24-15-11-16-25-43)70-59-31-21-29-50(61(59)68-63(70)54-38-48(65(4,5)6)39-55(62(54)71)66(7,8)9)45-34-44(42-22-13-10-14-23-42)35-46(36-45)56-40-53-51-28-19-20-30-57(51)69(60(53)41-67-56)49-26-17-12-18-27-49;/h10-35,37-41,71H,1-9H3;/q-1;. The maximum atomic E-state index is 12.7. The molecular weight excluding hydrogens is 1060 g/mol. The Morgan fingerprint density at radius 3 is 1.75 bits per heavy atom. The summed E-state index contributed by atoms with van der Waals surface area (Å²) in [5.74, 6) is 0.912. The third-order valence-electron chi connectivity index (χ3n) is 14.0. The molecule has 0 fully saturated rings. The minimum atomic E-state index is -0.345. The van der Waals surface area contributed by atoms with Gasteiger partial charge in [0.15, 0.2) is 0 Å². The molecule has 3 aromatic heterocycles. The third-order valence-corrected chi connectivity index (χ3v) is 14.0. The molecule has 0 unspecified atom stereocenters. The predicted octanol–water partition coefficient (Wildman–Crippen LogP) is 17.2. The van der Waals surface area contributed by atoms with Crippen molar-refractivity contribution < 1.29 is 26.2 Å². The van der Waals surface area contributed by atoms with Crippen molar-refractivity contribution in [2.24, 2.45) is 0 Å². The molecule has 0 spiro atoms. The first kappa shape index (κ1) is 48.3. The second-order valence-electron chi connectivity index (χ2n) is 22.0. The number of hydrogen-bond acceptors (Lipinski definition) is 3. The van der Waals surface area contributed by atoms with Gasteiger partial charge in [-0.05, 0) is 81.0 Å². The maximum absolute atomic E-state index is 12.7. The van der Waals surface area contributed by atoms with Crippen LogP contribution in [0.15, 0.2) is 188 Å². The number of nitrogens with zero attached hydrogens (tertiary/aromatic N) is 4. The number of imidazole rings is 1. The van der Waals surface area contributed by atoms with Gasteiger partial charge in [0.1, 0.15) is 11.6 Å². The van der Waals surface area contributed by atoms with E-state index in [1.165, 1.54) is 5.56 Å². The van der Waals surface area contributed by atoms with Crippen molar-refractivity contribution in [2.45, 2.75) is 78.6 Å². The molecule has 0 saturated carbocycles. The van der Waals surface area contributed by atoms with Gasteiger partial charge >= 0.3 is 0 Å². The van der Waals surface area contributed by atoms with Crippen LogP contribution in [0.1, 0.15) is 79.0 Å². The summed E-state index contributed by atoms with van der Waals surface area (Å²) in [7, 11) is 0. The summed E-state index contributed by atoms with van der Waals surface area (Å²) in [6.07, 6.45) is 2.01. The first-order valence-corrected chi connectivity index (χ1v) is 24.7. The number of para-hydroxylation sites is 3. The number of aromatic nitrogens is 4. The van der Waals surface area contributed by atoms with Crippen LogP contribution in [0.3, 0.4) is 0 Å². The van der Waals surface area contributed by atoms with E-state index in [0.717, 1.165) is 100.0 Å². The molecule has 0 aliphatic heterocycles. The Hall–Kier alpha value is -7.33. The van der Waals surface area contributed by atoms with E-state index in [1.807, 2.05) is 6.20 Å². The Labute approximate surface area is 438 Å². The third kappa shape index (κ3) is 8.68. The molecule has 0 aliphatic rings. The molecule has 1 N–H and O–H groups in total. The Morgan fingerprint density at radius 2 is 1.07 bits per heavy atom. The quantitative estimate of drug-likeness (QED) is 0.162. The SMILES string of the molecule is CC(C)(C)c1ccc(-n2c(-c3cc(C(C)(C)C)cc(C(C)(C)C)c3O)nc3c(-c4[c-]c(-c5cc6c7ccccc7n(-c7ccccc7)c6cn5)cc(-c5ccccc5)c4)cccc32)c(-c2ccccc2)c1.[Pt]. The Bertz CT molecular complexity index is 3810. The largest absolute Gasteiger partial charge is 0.507 e. The van der Waals surface area contributed by atoms with Gasteiger partial charge in [0.25, 0.3) is 0 Å². The number of aromatic hydroxyl groups is 1. The second kappa shape index (κ2) is 18.4. The van der Waals surface area contributed by atoms with E-state index in [1.54, 1.807) is 0 Å². The second-order valence-corrected chi connectivity index (χ2v) is 22.0. The van der Waals surface area contributed by atoms with Crippen molar-refractivity contribution in [1.29, 1.82) is 0 Å². The van der Waals surface area contributed by atoms with Crippen LogP contribution in [0.5, 0.6) is 5.75 Å². The minimum absolute atomic E-state index is 0. The Kier molecular flexibility index (Phi) is 12.3. The maximum Gasteiger partial charge on any atom is 0.148 e. The molecule has 8 aromatic carbocycles. The first-order chi connectivity index (χ1) is 34.0. The summed E-state index contributed by atoms with van der Waals surface area (Å²) in [5, 5.41) is 14.9. The van der Waals surface area contributed by atoms with Crippen LogP contribution >= 0.6 is 0 Å². The number of phenolic OH excluding ortho intramolecular Hbond substituents is 1. The van der Waals surface area contributed by atoms with Crippen LogP contribution < -0.4 is 0 Å². The van der Waals surface area contributed by atoms with E-state index < -0.39 is 0 Å². The summed E-state index contributed by atoms with van der Waals surface area (Å²) in [6.45, 7) is 20.0. The molecule has 3 heterocycles. The monoisotopic (exact) mass is 1120 g/mol. The summed E-state index contributed by atoms with van der Waals surface area (Å²) >= 11 is 0. The van der Waals surface area contributed by atoms with Gasteiger partial charge in [-0.1, -0.05) is 206 Å². The zero-order valence-electron chi connectivity index (χ0n) is 42.5. The summed E-state index contributed by atoms with van der Waals surface area (Å²) in [4.78, 5) is 10.9. The number of rotatable bonds is 7. The molecular formula is C66H59N4OPt-. The Morgan fingerprint density at radius 1 is 0.458 bits per heavy atom. The van der Waals surface area contributed by atoms with Gasteiger partial charge in [-0.15, -0.1) is 23.8 Å².